The van der Waals surface area contributed by atoms with Crippen LogP contribution in [0.15, 0.2) is 18.2 Å². The highest BCUT2D eigenvalue weighted by Gasteiger charge is 2.38. The van der Waals surface area contributed by atoms with Crippen molar-refractivity contribution in [2.75, 3.05) is 25.0 Å². The van der Waals surface area contributed by atoms with Crippen molar-refractivity contribution >= 4 is 48.0 Å². The number of halogens is 6. The number of anilines is 1. The highest BCUT2D eigenvalue weighted by atomic mass is 35.5. The van der Waals surface area contributed by atoms with Crippen molar-refractivity contribution in [2.45, 2.75) is 39.4 Å². The van der Waals surface area contributed by atoms with Crippen molar-refractivity contribution in [2.24, 2.45) is 17.1 Å². The van der Waals surface area contributed by atoms with Crippen LogP contribution in [0.2, 0.25) is 5.02 Å². The molecule has 1 aliphatic heterocycles. The molecule has 2 atom stereocenters. The first-order valence-corrected chi connectivity index (χ1v) is 8.97. The number of carbonyl (C=O) groups excluding carboxylic acids is 1. The molecule has 0 bridgehead atoms. The average Bonchev–Trinajstić information content (AvgIpc) is 2.95. The highest BCUT2D eigenvalue weighted by Crippen LogP contribution is 2.35. The first-order valence-electron chi connectivity index (χ1n) is 8.59. The van der Waals surface area contributed by atoms with Crippen LogP contribution >= 0.6 is 36.4 Å². The molecule has 1 amide bonds. The first kappa shape index (κ1) is 27.1. The molecule has 2 rings (SSSR count). The molecule has 10 heteroatoms. The number of carbonyl (C=O) groups is 1. The van der Waals surface area contributed by atoms with Gasteiger partial charge in [0.2, 0.25) is 5.91 Å². The molecule has 1 fully saturated rings. The fraction of sp³-hybridized carbons (Fsp3) is 0.611. The second kappa shape index (κ2) is 10.2. The van der Waals surface area contributed by atoms with Crippen LogP contribution in [0.25, 0.3) is 0 Å². The molecule has 0 aromatic heterocycles. The summed E-state index contributed by atoms with van der Waals surface area (Å²) < 4.78 is 38.3. The molecule has 0 radical (unpaired) electrons. The maximum atomic E-state index is 12.9. The number of nitrogens with one attached hydrogen (secondary N) is 1. The summed E-state index contributed by atoms with van der Waals surface area (Å²) in [5.41, 5.74) is 5.19. The Labute approximate surface area is 181 Å². The predicted octanol–water partition coefficient (Wildman–Crippen LogP) is 4.84. The number of rotatable bonds is 5. The van der Waals surface area contributed by atoms with Gasteiger partial charge in [-0.3, -0.25) is 4.79 Å². The summed E-state index contributed by atoms with van der Waals surface area (Å²) in [6, 6.07) is 2.51. The minimum absolute atomic E-state index is 0. The molecule has 1 saturated heterocycles. The van der Waals surface area contributed by atoms with Gasteiger partial charge in [-0.15, -0.1) is 24.8 Å². The second-order valence-electron chi connectivity index (χ2n) is 7.58. The van der Waals surface area contributed by atoms with Gasteiger partial charge in [0.15, 0.2) is 0 Å². The van der Waals surface area contributed by atoms with Crippen LogP contribution in [-0.2, 0) is 11.0 Å². The molecule has 2 unspecified atom stereocenters. The van der Waals surface area contributed by atoms with E-state index < -0.39 is 17.8 Å². The normalized spacial score (nSPS) is 20.4. The number of amides is 1. The Kier molecular flexibility index (Phi) is 9.91. The molecule has 1 aliphatic rings. The van der Waals surface area contributed by atoms with Gasteiger partial charge in [-0.25, -0.2) is 0 Å². The second-order valence-corrected chi connectivity index (χ2v) is 7.99. The number of hydrogen-bond acceptors (Lipinski definition) is 3. The monoisotopic (exact) mass is 463 g/mol. The average molecular weight is 465 g/mol. The minimum atomic E-state index is -4.46. The number of nitrogens with zero attached hydrogens (tertiary/aromatic N) is 1. The summed E-state index contributed by atoms with van der Waals surface area (Å²) >= 11 is 6.01. The fourth-order valence-electron chi connectivity index (χ4n) is 3.06. The Morgan fingerprint density at radius 3 is 2.39 bits per heavy atom. The summed E-state index contributed by atoms with van der Waals surface area (Å²) in [4.78, 5) is 14.7. The van der Waals surface area contributed by atoms with Gasteiger partial charge in [-0.05, 0) is 42.5 Å². The number of hydrogen-bond donors (Lipinski definition) is 2. The zero-order valence-electron chi connectivity index (χ0n) is 16.0. The van der Waals surface area contributed by atoms with Crippen LogP contribution in [0, 0.1) is 11.3 Å². The zero-order valence-corrected chi connectivity index (χ0v) is 18.4. The SMILES string of the molecule is CC(C)C(Nc1ccc(C(F)(F)F)cc1Cl)C(=O)N1CCC(C)(CN)C1.Cl.Cl. The lowest BCUT2D eigenvalue weighted by Gasteiger charge is -2.29. The van der Waals surface area contributed by atoms with Crippen molar-refractivity contribution in [3.05, 3.63) is 28.8 Å². The molecule has 1 aromatic carbocycles. The molecular weight excluding hydrogens is 438 g/mol. The van der Waals surface area contributed by atoms with Gasteiger partial charge in [-0.2, -0.15) is 13.2 Å². The zero-order chi connectivity index (χ0) is 19.7. The Morgan fingerprint density at radius 1 is 1.36 bits per heavy atom. The largest absolute Gasteiger partial charge is 0.416 e. The lowest BCUT2D eigenvalue weighted by molar-refractivity contribution is -0.137. The van der Waals surface area contributed by atoms with E-state index in [1.54, 1.807) is 4.90 Å². The van der Waals surface area contributed by atoms with Gasteiger partial charge in [0.25, 0.3) is 0 Å². The molecule has 3 N–H and O–H groups in total. The van der Waals surface area contributed by atoms with Crippen LogP contribution in [0.4, 0.5) is 18.9 Å². The molecule has 1 aromatic rings. The van der Waals surface area contributed by atoms with E-state index >= 15 is 0 Å². The topological polar surface area (TPSA) is 58.4 Å². The Hall–Kier alpha value is -0.890. The van der Waals surface area contributed by atoms with Crippen molar-refractivity contribution in [3.63, 3.8) is 0 Å². The highest BCUT2D eigenvalue weighted by molar-refractivity contribution is 6.33. The molecule has 28 heavy (non-hydrogen) atoms. The van der Waals surface area contributed by atoms with Crippen LogP contribution < -0.4 is 11.1 Å². The lowest BCUT2D eigenvalue weighted by atomic mass is 9.90. The van der Waals surface area contributed by atoms with Crippen molar-refractivity contribution < 1.29 is 18.0 Å². The third-order valence-corrected chi connectivity index (χ3v) is 5.22. The quantitative estimate of drug-likeness (QED) is 0.656. The van der Waals surface area contributed by atoms with Crippen molar-refractivity contribution in [1.29, 1.82) is 0 Å². The molecular formula is C18H27Cl3F3N3O. The van der Waals surface area contributed by atoms with Gasteiger partial charge in [-0.1, -0.05) is 32.4 Å². The molecule has 0 spiro atoms. The molecule has 0 aliphatic carbocycles. The van der Waals surface area contributed by atoms with Gasteiger partial charge in [0, 0.05) is 13.1 Å². The van der Waals surface area contributed by atoms with Crippen molar-refractivity contribution in [1.82, 2.24) is 4.90 Å². The molecule has 162 valence electrons. The molecule has 1 heterocycles. The summed E-state index contributed by atoms with van der Waals surface area (Å²) in [5, 5.41) is 2.96. The summed E-state index contributed by atoms with van der Waals surface area (Å²) in [6.07, 6.45) is -3.63. The van der Waals surface area contributed by atoms with Crippen LogP contribution in [-0.4, -0.2) is 36.5 Å². The molecule has 0 saturated carbocycles. The fourth-order valence-corrected chi connectivity index (χ4v) is 3.30. The van der Waals surface area contributed by atoms with E-state index in [2.05, 4.69) is 5.32 Å². The number of benzene rings is 1. The van der Waals surface area contributed by atoms with Crippen LogP contribution in [0.1, 0.15) is 32.8 Å². The summed E-state index contributed by atoms with van der Waals surface area (Å²) in [7, 11) is 0. The third kappa shape index (κ3) is 6.31. The lowest BCUT2D eigenvalue weighted by Crippen LogP contribution is -2.45. The number of alkyl halides is 3. The van der Waals surface area contributed by atoms with E-state index in [4.69, 9.17) is 17.3 Å². The van der Waals surface area contributed by atoms with Gasteiger partial charge >= 0.3 is 6.18 Å². The number of likely N-dealkylation sites (tertiary alicyclic amines) is 1. The van der Waals surface area contributed by atoms with E-state index in [0.717, 1.165) is 18.6 Å². The van der Waals surface area contributed by atoms with E-state index in [1.807, 2.05) is 20.8 Å². The predicted molar refractivity (Wildman–Crippen MR) is 112 cm³/mol. The van der Waals surface area contributed by atoms with Crippen LogP contribution in [0.3, 0.4) is 0 Å². The Balaban J connectivity index is 0.00000364. The van der Waals surface area contributed by atoms with E-state index in [-0.39, 0.29) is 47.1 Å². The van der Waals surface area contributed by atoms with E-state index in [9.17, 15) is 18.0 Å². The smallest absolute Gasteiger partial charge is 0.372 e. The maximum absolute atomic E-state index is 12.9. The Bertz CT molecular complexity index is 673. The third-order valence-electron chi connectivity index (χ3n) is 4.90. The first-order chi connectivity index (χ1) is 12.0. The van der Waals surface area contributed by atoms with Crippen molar-refractivity contribution in [3.8, 4) is 0 Å². The number of nitrogens with two attached hydrogens (primary N) is 1. The van der Waals surface area contributed by atoms with Crippen LogP contribution in [0.5, 0.6) is 0 Å². The minimum Gasteiger partial charge on any atom is -0.372 e. The van der Waals surface area contributed by atoms with Gasteiger partial charge in [0.1, 0.15) is 6.04 Å². The van der Waals surface area contributed by atoms with E-state index in [0.29, 0.717) is 25.3 Å². The van der Waals surface area contributed by atoms with Gasteiger partial charge in [0.05, 0.1) is 16.3 Å². The van der Waals surface area contributed by atoms with E-state index in [1.165, 1.54) is 6.07 Å². The standard InChI is InChI=1S/C18H25ClF3N3O.2ClH/c1-11(2)15(16(26)25-7-6-17(3,9-23)10-25)24-14-5-4-12(8-13(14)19)18(20,21)22;;/h4-5,8,11,15,24H,6-7,9-10,23H2,1-3H3;2*1H. The Morgan fingerprint density at radius 2 is 1.96 bits per heavy atom. The summed E-state index contributed by atoms with van der Waals surface area (Å²) in [6.45, 7) is 7.51. The summed E-state index contributed by atoms with van der Waals surface area (Å²) in [5.74, 6) is -0.154. The van der Waals surface area contributed by atoms with Gasteiger partial charge < -0.3 is 16.0 Å². The maximum Gasteiger partial charge on any atom is 0.416 e. The molecule has 4 nitrogen and oxygen atoms in total.